The number of nitrogens with one attached hydrogen (secondary N) is 2. The van der Waals surface area contributed by atoms with Gasteiger partial charge in [0.1, 0.15) is 5.82 Å². The van der Waals surface area contributed by atoms with Gasteiger partial charge >= 0.3 is 6.03 Å². The van der Waals surface area contributed by atoms with Crippen molar-refractivity contribution in [1.29, 1.82) is 0 Å². The lowest BCUT2D eigenvalue weighted by atomic mass is 10.2. The van der Waals surface area contributed by atoms with E-state index in [0.29, 0.717) is 12.4 Å². The van der Waals surface area contributed by atoms with Crippen LogP contribution in [-0.4, -0.2) is 42.4 Å². The molecule has 0 spiro atoms. The second-order valence-corrected chi connectivity index (χ2v) is 6.92. The van der Waals surface area contributed by atoms with Gasteiger partial charge in [-0.1, -0.05) is 12.1 Å². The van der Waals surface area contributed by atoms with Crippen LogP contribution >= 0.6 is 0 Å². The Morgan fingerprint density at radius 2 is 2.07 bits per heavy atom. The molecular formula is C19H23N7O. The van der Waals surface area contributed by atoms with Crippen LogP contribution in [0.25, 0.3) is 5.69 Å². The number of aryl methyl sites for hydroxylation is 3. The van der Waals surface area contributed by atoms with Crippen LogP contribution in [-0.2, 0) is 0 Å². The van der Waals surface area contributed by atoms with E-state index in [2.05, 4.69) is 25.6 Å². The molecule has 8 nitrogen and oxygen atoms in total. The SMILES string of the molecule is Cc1cc(C)n(-c2ccccc2NC(=O)N2CCC[C@H]2c2n[nH]c(C)n2)n1. The maximum Gasteiger partial charge on any atom is 0.322 e. The number of amides is 2. The summed E-state index contributed by atoms with van der Waals surface area (Å²) < 4.78 is 1.85. The Morgan fingerprint density at radius 3 is 2.78 bits per heavy atom. The number of hydrogen-bond donors (Lipinski definition) is 2. The van der Waals surface area contributed by atoms with Gasteiger partial charge in [0, 0.05) is 12.2 Å². The maximum atomic E-state index is 13.0. The predicted octanol–water partition coefficient (Wildman–Crippen LogP) is 3.28. The highest BCUT2D eigenvalue weighted by atomic mass is 16.2. The molecule has 0 saturated carbocycles. The smallest absolute Gasteiger partial charge is 0.314 e. The van der Waals surface area contributed by atoms with Crippen molar-refractivity contribution in [3.8, 4) is 5.69 Å². The molecule has 0 radical (unpaired) electrons. The molecule has 27 heavy (non-hydrogen) atoms. The highest BCUT2D eigenvalue weighted by molar-refractivity contribution is 5.92. The normalized spacial score (nSPS) is 16.7. The van der Waals surface area contributed by atoms with Gasteiger partial charge in [0.05, 0.1) is 23.1 Å². The van der Waals surface area contributed by atoms with E-state index >= 15 is 0 Å². The summed E-state index contributed by atoms with van der Waals surface area (Å²) in [4.78, 5) is 19.2. The van der Waals surface area contributed by atoms with E-state index in [4.69, 9.17) is 0 Å². The molecular weight excluding hydrogens is 342 g/mol. The molecule has 1 aliphatic heterocycles. The number of urea groups is 1. The first kappa shape index (κ1) is 17.3. The standard InChI is InChI=1S/C19H23N7O/c1-12-11-13(2)26(24-12)16-8-5-4-7-15(16)21-19(27)25-10-6-9-17(25)18-20-14(3)22-23-18/h4-5,7-8,11,17H,6,9-10H2,1-3H3,(H,21,27)(H,20,22,23)/t17-/m0/s1. The number of nitrogens with zero attached hydrogens (tertiary/aromatic N) is 5. The van der Waals surface area contributed by atoms with Crippen LogP contribution < -0.4 is 5.32 Å². The zero-order valence-corrected chi connectivity index (χ0v) is 15.7. The van der Waals surface area contributed by atoms with Crippen molar-refractivity contribution >= 4 is 11.7 Å². The summed E-state index contributed by atoms with van der Waals surface area (Å²) in [5.74, 6) is 1.43. The number of rotatable bonds is 3. The first-order chi connectivity index (χ1) is 13.0. The van der Waals surface area contributed by atoms with E-state index in [1.165, 1.54) is 0 Å². The number of H-pyrrole nitrogens is 1. The molecule has 3 aromatic rings. The van der Waals surface area contributed by atoms with E-state index in [9.17, 15) is 4.79 Å². The fourth-order valence-electron chi connectivity index (χ4n) is 3.61. The van der Waals surface area contributed by atoms with E-state index in [0.717, 1.165) is 41.4 Å². The van der Waals surface area contributed by atoms with Gasteiger partial charge in [-0.15, -0.1) is 0 Å². The molecule has 2 N–H and O–H groups in total. The summed E-state index contributed by atoms with van der Waals surface area (Å²) in [6.45, 7) is 6.51. The highest BCUT2D eigenvalue weighted by Gasteiger charge is 2.33. The largest absolute Gasteiger partial charge is 0.322 e. The molecule has 1 aliphatic rings. The zero-order chi connectivity index (χ0) is 19.0. The van der Waals surface area contributed by atoms with Crippen LogP contribution in [0.5, 0.6) is 0 Å². The van der Waals surface area contributed by atoms with Crippen molar-refractivity contribution in [3.05, 3.63) is 53.4 Å². The predicted molar refractivity (Wildman–Crippen MR) is 102 cm³/mol. The van der Waals surface area contributed by atoms with Crippen molar-refractivity contribution < 1.29 is 4.79 Å². The summed E-state index contributed by atoms with van der Waals surface area (Å²) in [7, 11) is 0. The van der Waals surface area contributed by atoms with Crippen molar-refractivity contribution in [2.75, 3.05) is 11.9 Å². The Hall–Kier alpha value is -3.16. The fraction of sp³-hybridized carbons (Fsp3) is 0.368. The van der Waals surface area contributed by atoms with Gasteiger partial charge in [0.25, 0.3) is 0 Å². The maximum absolute atomic E-state index is 13.0. The fourth-order valence-corrected chi connectivity index (χ4v) is 3.61. The lowest BCUT2D eigenvalue weighted by Crippen LogP contribution is -2.35. The van der Waals surface area contributed by atoms with E-state index in [1.54, 1.807) is 4.90 Å². The number of benzene rings is 1. The molecule has 1 aromatic carbocycles. The van der Waals surface area contributed by atoms with Crippen molar-refractivity contribution in [3.63, 3.8) is 0 Å². The molecule has 2 amide bonds. The van der Waals surface area contributed by atoms with Crippen LogP contribution in [0.2, 0.25) is 0 Å². The number of para-hydroxylation sites is 2. The monoisotopic (exact) mass is 365 g/mol. The van der Waals surface area contributed by atoms with Gasteiger partial charge in [-0.25, -0.2) is 14.5 Å². The molecule has 1 atom stereocenters. The number of likely N-dealkylation sites (tertiary alicyclic amines) is 1. The first-order valence-corrected chi connectivity index (χ1v) is 9.12. The number of carbonyl (C=O) groups is 1. The molecule has 3 heterocycles. The third-order valence-corrected chi connectivity index (χ3v) is 4.81. The summed E-state index contributed by atoms with van der Waals surface area (Å²) in [5.41, 5.74) is 3.53. The van der Waals surface area contributed by atoms with Crippen LogP contribution in [0.4, 0.5) is 10.5 Å². The Balaban J connectivity index is 1.59. The van der Waals surface area contributed by atoms with Crippen LogP contribution in [0.15, 0.2) is 30.3 Å². The van der Waals surface area contributed by atoms with Crippen molar-refractivity contribution in [1.82, 2.24) is 29.9 Å². The number of anilines is 1. The van der Waals surface area contributed by atoms with Gasteiger partial charge in [-0.2, -0.15) is 10.2 Å². The van der Waals surface area contributed by atoms with Crippen molar-refractivity contribution in [2.45, 2.75) is 39.7 Å². The highest BCUT2D eigenvalue weighted by Crippen LogP contribution is 2.31. The Kier molecular flexibility index (Phi) is 4.39. The molecule has 1 fully saturated rings. The lowest BCUT2D eigenvalue weighted by Gasteiger charge is -2.23. The minimum absolute atomic E-state index is 0.101. The Morgan fingerprint density at radius 1 is 1.26 bits per heavy atom. The average Bonchev–Trinajstić information content (AvgIpc) is 3.35. The summed E-state index contributed by atoms with van der Waals surface area (Å²) in [6, 6.07) is 9.47. The number of aromatic amines is 1. The Labute approximate surface area is 157 Å². The van der Waals surface area contributed by atoms with Crippen LogP contribution in [0.1, 0.15) is 41.9 Å². The minimum Gasteiger partial charge on any atom is -0.314 e. The zero-order valence-electron chi connectivity index (χ0n) is 15.7. The summed E-state index contributed by atoms with van der Waals surface area (Å²) in [6.07, 6.45) is 1.80. The Bertz CT molecular complexity index is 974. The molecule has 1 saturated heterocycles. The molecule has 0 aliphatic carbocycles. The molecule has 140 valence electrons. The molecule has 4 rings (SSSR count). The summed E-state index contributed by atoms with van der Waals surface area (Å²) >= 11 is 0. The van der Waals surface area contributed by atoms with Gasteiger partial charge in [-0.05, 0) is 51.8 Å². The topological polar surface area (TPSA) is 91.7 Å². The van der Waals surface area contributed by atoms with E-state index in [-0.39, 0.29) is 12.1 Å². The summed E-state index contributed by atoms with van der Waals surface area (Å²) in [5, 5.41) is 14.7. The quantitative estimate of drug-likeness (QED) is 0.745. The second kappa shape index (κ2) is 6.86. The molecule has 0 unspecified atom stereocenters. The van der Waals surface area contributed by atoms with Gasteiger partial charge in [0.15, 0.2) is 5.82 Å². The van der Waals surface area contributed by atoms with E-state index in [1.807, 2.05) is 55.8 Å². The average molecular weight is 365 g/mol. The third kappa shape index (κ3) is 3.30. The number of aromatic nitrogens is 5. The van der Waals surface area contributed by atoms with Crippen molar-refractivity contribution in [2.24, 2.45) is 0 Å². The van der Waals surface area contributed by atoms with Gasteiger partial charge < -0.3 is 10.2 Å². The first-order valence-electron chi connectivity index (χ1n) is 9.12. The number of hydrogen-bond acceptors (Lipinski definition) is 4. The van der Waals surface area contributed by atoms with Crippen LogP contribution in [0, 0.1) is 20.8 Å². The molecule has 8 heteroatoms. The van der Waals surface area contributed by atoms with Gasteiger partial charge in [-0.3, -0.25) is 5.10 Å². The lowest BCUT2D eigenvalue weighted by molar-refractivity contribution is 0.205. The number of carbonyl (C=O) groups excluding carboxylic acids is 1. The van der Waals surface area contributed by atoms with Crippen LogP contribution in [0.3, 0.4) is 0 Å². The van der Waals surface area contributed by atoms with Gasteiger partial charge in [0.2, 0.25) is 0 Å². The second-order valence-electron chi connectivity index (χ2n) is 6.92. The third-order valence-electron chi connectivity index (χ3n) is 4.81. The van der Waals surface area contributed by atoms with E-state index < -0.39 is 0 Å². The molecule has 0 bridgehead atoms. The minimum atomic E-state index is -0.145. The molecule has 2 aromatic heterocycles.